The molecular weight excluding hydrogens is 178 g/mol. The Morgan fingerprint density at radius 3 is 2.71 bits per heavy atom. The molecule has 0 aromatic heterocycles. The summed E-state index contributed by atoms with van der Waals surface area (Å²) in [5, 5.41) is 0. The first-order chi connectivity index (χ1) is 6.81. The molecule has 0 fully saturated rings. The van der Waals surface area contributed by atoms with Gasteiger partial charge in [-0.3, -0.25) is 0 Å². The molecule has 0 spiro atoms. The van der Waals surface area contributed by atoms with Gasteiger partial charge in [0.1, 0.15) is 13.2 Å². The SMILES string of the molecule is C[C@H](CN)c1ccc2c(c1)OCCO2. The highest BCUT2D eigenvalue weighted by molar-refractivity contribution is 5.44. The van der Waals surface area contributed by atoms with Crippen LogP contribution in [0.4, 0.5) is 0 Å². The highest BCUT2D eigenvalue weighted by Crippen LogP contribution is 2.32. The Balaban J connectivity index is 2.29. The van der Waals surface area contributed by atoms with Gasteiger partial charge in [0.15, 0.2) is 11.5 Å². The molecule has 1 aliphatic heterocycles. The zero-order chi connectivity index (χ0) is 9.97. The second kappa shape index (κ2) is 3.88. The molecule has 0 aliphatic carbocycles. The number of ether oxygens (including phenoxy) is 2. The van der Waals surface area contributed by atoms with E-state index in [4.69, 9.17) is 15.2 Å². The molecule has 0 saturated heterocycles. The van der Waals surface area contributed by atoms with Crippen molar-refractivity contribution in [1.29, 1.82) is 0 Å². The standard InChI is InChI=1S/C11H15NO2/c1-8(7-12)9-2-3-10-11(6-9)14-5-4-13-10/h2-3,6,8H,4-5,7,12H2,1H3/t8-/m1/s1. The summed E-state index contributed by atoms with van der Waals surface area (Å²) in [5.74, 6) is 2.05. The predicted octanol–water partition coefficient (Wildman–Crippen LogP) is 1.52. The second-order valence-electron chi connectivity index (χ2n) is 3.54. The first-order valence-corrected chi connectivity index (χ1v) is 4.91. The average Bonchev–Trinajstić information content (AvgIpc) is 2.27. The van der Waals surface area contributed by atoms with Gasteiger partial charge < -0.3 is 15.2 Å². The molecule has 3 nitrogen and oxygen atoms in total. The molecule has 0 saturated carbocycles. The third-order valence-corrected chi connectivity index (χ3v) is 2.49. The van der Waals surface area contributed by atoms with Gasteiger partial charge in [-0.15, -0.1) is 0 Å². The molecule has 2 rings (SSSR count). The molecule has 1 atom stereocenters. The van der Waals surface area contributed by atoms with Crippen molar-refractivity contribution < 1.29 is 9.47 Å². The van der Waals surface area contributed by atoms with Gasteiger partial charge in [0.25, 0.3) is 0 Å². The number of hydrogen-bond acceptors (Lipinski definition) is 3. The molecule has 1 heterocycles. The number of rotatable bonds is 2. The largest absolute Gasteiger partial charge is 0.486 e. The Morgan fingerprint density at radius 2 is 2.00 bits per heavy atom. The Kier molecular flexibility index (Phi) is 2.59. The van der Waals surface area contributed by atoms with Crippen LogP contribution in [0.25, 0.3) is 0 Å². The lowest BCUT2D eigenvalue weighted by molar-refractivity contribution is 0.171. The summed E-state index contributed by atoms with van der Waals surface area (Å²) in [6.45, 7) is 4.03. The summed E-state index contributed by atoms with van der Waals surface area (Å²) < 4.78 is 10.9. The monoisotopic (exact) mass is 193 g/mol. The lowest BCUT2D eigenvalue weighted by Gasteiger charge is -2.20. The summed E-state index contributed by atoms with van der Waals surface area (Å²) in [5.41, 5.74) is 6.81. The number of nitrogens with two attached hydrogens (primary N) is 1. The zero-order valence-corrected chi connectivity index (χ0v) is 8.32. The molecule has 14 heavy (non-hydrogen) atoms. The third kappa shape index (κ3) is 1.68. The summed E-state index contributed by atoms with van der Waals surface area (Å²) in [6.07, 6.45) is 0. The van der Waals surface area contributed by atoms with Gasteiger partial charge in [-0.05, 0) is 30.2 Å². The van der Waals surface area contributed by atoms with Crippen molar-refractivity contribution >= 4 is 0 Å². The Labute approximate surface area is 83.8 Å². The van der Waals surface area contributed by atoms with E-state index in [0.717, 1.165) is 11.5 Å². The topological polar surface area (TPSA) is 44.5 Å². The van der Waals surface area contributed by atoms with E-state index in [9.17, 15) is 0 Å². The fraction of sp³-hybridized carbons (Fsp3) is 0.455. The fourth-order valence-electron chi connectivity index (χ4n) is 1.50. The number of fused-ring (bicyclic) bond motifs is 1. The van der Waals surface area contributed by atoms with Crippen LogP contribution in [-0.2, 0) is 0 Å². The average molecular weight is 193 g/mol. The minimum absolute atomic E-state index is 0.367. The molecule has 76 valence electrons. The minimum Gasteiger partial charge on any atom is -0.486 e. The van der Waals surface area contributed by atoms with Crippen molar-refractivity contribution in [3.05, 3.63) is 23.8 Å². The molecule has 3 heteroatoms. The van der Waals surface area contributed by atoms with Gasteiger partial charge in [0.2, 0.25) is 0 Å². The van der Waals surface area contributed by atoms with E-state index in [-0.39, 0.29) is 0 Å². The van der Waals surface area contributed by atoms with Gasteiger partial charge in [-0.25, -0.2) is 0 Å². The minimum atomic E-state index is 0.367. The quantitative estimate of drug-likeness (QED) is 0.774. The summed E-state index contributed by atoms with van der Waals surface area (Å²) in [7, 11) is 0. The fourth-order valence-corrected chi connectivity index (χ4v) is 1.50. The molecule has 1 aliphatic rings. The molecule has 1 aromatic rings. The Hall–Kier alpha value is -1.22. The van der Waals surface area contributed by atoms with Crippen LogP contribution >= 0.6 is 0 Å². The maximum atomic E-state index is 5.61. The Bertz CT molecular complexity index is 325. The van der Waals surface area contributed by atoms with Crippen LogP contribution in [-0.4, -0.2) is 19.8 Å². The molecule has 0 radical (unpaired) electrons. The van der Waals surface area contributed by atoms with Crippen LogP contribution in [0.15, 0.2) is 18.2 Å². The molecule has 0 amide bonds. The summed E-state index contributed by atoms with van der Waals surface area (Å²) >= 11 is 0. The van der Waals surface area contributed by atoms with Crippen molar-refractivity contribution in [3.8, 4) is 11.5 Å². The van der Waals surface area contributed by atoms with Gasteiger partial charge >= 0.3 is 0 Å². The lowest BCUT2D eigenvalue weighted by Crippen LogP contribution is -2.16. The van der Waals surface area contributed by atoms with Gasteiger partial charge in [-0.2, -0.15) is 0 Å². The summed E-state index contributed by atoms with van der Waals surface area (Å²) in [4.78, 5) is 0. The maximum Gasteiger partial charge on any atom is 0.161 e. The van der Waals surface area contributed by atoms with Crippen molar-refractivity contribution in [2.45, 2.75) is 12.8 Å². The molecule has 2 N–H and O–H groups in total. The van der Waals surface area contributed by atoms with Crippen LogP contribution in [0.2, 0.25) is 0 Å². The highest BCUT2D eigenvalue weighted by atomic mass is 16.6. The van der Waals surface area contributed by atoms with Crippen LogP contribution < -0.4 is 15.2 Å². The lowest BCUT2D eigenvalue weighted by atomic mass is 10.0. The van der Waals surface area contributed by atoms with Crippen LogP contribution in [0.5, 0.6) is 11.5 Å². The summed E-state index contributed by atoms with van der Waals surface area (Å²) in [6, 6.07) is 6.02. The highest BCUT2D eigenvalue weighted by Gasteiger charge is 2.13. The normalized spacial score (nSPS) is 16.4. The zero-order valence-electron chi connectivity index (χ0n) is 8.32. The van der Waals surface area contributed by atoms with E-state index < -0.39 is 0 Å². The van der Waals surface area contributed by atoms with Crippen LogP contribution in [0.1, 0.15) is 18.4 Å². The van der Waals surface area contributed by atoms with E-state index in [1.807, 2.05) is 18.2 Å². The maximum absolute atomic E-state index is 5.61. The van der Waals surface area contributed by atoms with Crippen LogP contribution in [0.3, 0.4) is 0 Å². The van der Waals surface area contributed by atoms with E-state index in [1.165, 1.54) is 5.56 Å². The molecular formula is C11H15NO2. The van der Waals surface area contributed by atoms with Crippen molar-refractivity contribution in [2.75, 3.05) is 19.8 Å². The van der Waals surface area contributed by atoms with Crippen molar-refractivity contribution in [3.63, 3.8) is 0 Å². The molecule has 0 bridgehead atoms. The smallest absolute Gasteiger partial charge is 0.161 e. The van der Waals surface area contributed by atoms with Crippen molar-refractivity contribution in [1.82, 2.24) is 0 Å². The van der Waals surface area contributed by atoms with E-state index in [2.05, 4.69) is 6.92 Å². The van der Waals surface area contributed by atoms with Gasteiger partial charge in [0.05, 0.1) is 0 Å². The van der Waals surface area contributed by atoms with Crippen LogP contribution in [0, 0.1) is 0 Å². The molecule has 1 aromatic carbocycles. The number of benzene rings is 1. The Morgan fingerprint density at radius 1 is 1.29 bits per heavy atom. The van der Waals surface area contributed by atoms with E-state index in [1.54, 1.807) is 0 Å². The predicted molar refractivity (Wildman–Crippen MR) is 54.9 cm³/mol. The first kappa shape index (κ1) is 9.34. The molecule has 0 unspecified atom stereocenters. The van der Waals surface area contributed by atoms with Crippen molar-refractivity contribution in [2.24, 2.45) is 5.73 Å². The third-order valence-electron chi connectivity index (χ3n) is 2.49. The number of hydrogen-bond donors (Lipinski definition) is 1. The van der Waals surface area contributed by atoms with E-state index >= 15 is 0 Å². The van der Waals surface area contributed by atoms with Gasteiger partial charge in [0, 0.05) is 0 Å². The first-order valence-electron chi connectivity index (χ1n) is 4.91. The second-order valence-corrected chi connectivity index (χ2v) is 3.54. The van der Waals surface area contributed by atoms with E-state index in [0.29, 0.717) is 25.7 Å². The van der Waals surface area contributed by atoms with Gasteiger partial charge in [-0.1, -0.05) is 13.0 Å².